The van der Waals surface area contributed by atoms with E-state index >= 15 is 0 Å². The Morgan fingerprint density at radius 1 is 0.974 bits per heavy atom. The van der Waals surface area contributed by atoms with Crippen LogP contribution < -0.4 is 5.32 Å². The predicted molar refractivity (Wildman–Crippen MR) is 138 cm³/mol. The Balaban J connectivity index is 0.00000205. The average molecular weight is 551 g/mol. The van der Waals surface area contributed by atoms with Crippen molar-refractivity contribution in [1.29, 1.82) is 0 Å². The molecule has 1 N–H and O–H groups in total. The van der Waals surface area contributed by atoms with E-state index < -0.39 is 30.0 Å². The Morgan fingerprint density at radius 3 is 2.08 bits per heavy atom. The zero-order valence-electron chi connectivity index (χ0n) is 21.9. The van der Waals surface area contributed by atoms with Gasteiger partial charge in [-0.1, -0.05) is 68.5 Å². The van der Waals surface area contributed by atoms with Crippen molar-refractivity contribution in [2.75, 3.05) is 0 Å². The number of hydrogen-bond acceptors (Lipinski definition) is 4. The number of benzene rings is 2. The zero-order valence-corrected chi connectivity index (χ0v) is 21.9. The van der Waals surface area contributed by atoms with Gasteiger partial charge in [0.1, 0.15) is 17.8 Å². The summed E-state index contributed by atoms with van der Waals surface area (Å²) in [6.07, 6.45) is -6.18. The van der Waals surface area contributed by atoms with Crippen LogP contribution >= 0.6 is 0 Å². The fraction of sp³-hybridized carbons (Fsp3) is 0.286. The number of alkyl halides is 6. The van der Waals surface area contributed by atoms with Crippen molar-refractivity contribution in [2.24, 2.45) is 12.0 Å². The molecule has 11 heteroatoms. The van der Waals surface area contributed by atoms with E-state index in [1.54, 1.807) is 48.5 Å². The predicted octanol–water partition coefficient (Wildman–Crippen LogP) is 8.02. The molecule has 0 amide bonds. The number of nitrogens with one attached hydrogen (secondary N) is 1. The second-order valence-corrected chi connectivity index (χ2v) is 8.32. The molecule has 0 bridgehead atoms. The van der Waals surface area contributed by atoms with E-state index in [4.69, 9.17) is 4.74 Å². The van der Waals surface area contributed by atoms with Gasteiger partial charge in [0, 0.05) is 35.6 Å². The number of hydrogen-bond donors (Lipinski definition) is 1. The Kier molecular flexibility index (Phi) is 8.93. The van der Waals surface area contributed by atoms with Gasteiger partial charge in [-0.15, -0.1) is 0 Å². The summed E-state index contributed by atoms with van der Waals surface area (Å²) < 4.78 is 84.8. The molecule has 1 aliphatic rings. The molecule has 0 fully saturated rings. The van der Waals surface area contributed by atoms with E-state index in [0.717, 1.165) is 23.4 Å². The van der Waals surface area contributed by atoms with Crippen LogP contribution in [0.5, 0.6) is 0 Å². The average Bonchev–Trinajstić information content (AvgIpc) is 3.55. The first-order chi connectivity index (χ1) is 18.4. The van der Waals surface area contributed by atoms with Crippen molar-refractivity contribution in [2.45, 2.75) is 46.3 Å². The van der Waals surface area contributed by atoms with Crippen molar-refractivity contribution in [3.8, 4) is 11.4 Å². The SMILES string of the molecule is C/C=C(\N=C(C)c1ccc(C2=COC(c3ccc(-c4nc(C(F)(F)F)cn4C)cc3)N2)cc1)C(F)(F)F.CC. The first-order valence-electron chi connectivity index (χ1n) is 12.1. The largest absolute Gasteiger partial charge is 0.472 e. The molecule has 0 radical (unpaired) electrons. The summed E-state index contributed by atoms with van der Waals surface area (Å²) in [6.45, 7) is 6.79. The van der Waals surface area contributed by atoms with Crippen molar-refractivity contribution >= 4 is 11.4 Å². The van der Waals surface area contributed by atoms with Gasteiger partial charge in [-0.2, -0.15) is 26.3 Å². The van der Waals surface area contributed by atoms with Crippen molar-refractivity contribution < 1.29 is 31.1 Å². The lowest BCUT2D eigenvalue weighted by atomic mass is 10.1. The van der Waals surface area contributed by atoms with E-state index in [1.807, 2.05) is 13.8 Å². The Hall–Kier alpha value is -4.02. The maximum Gasteiger partial charge on any atom is 0.434 e. The van der Waals surface area contributed by atoms with Gasteiger partial charge >= 0.3 is 12.4 Å². The van der Waals surface area contributed by atoms with Crippen LogP contribution in [0.2, 0.25) is 0 Å². The van der Waals surface area contributed by atoms with Crippen LogP contribution in [0, 0.1) is 0 Å². The van der Waals surface area contributed by atoms with Gasteiger partial charge in [-0.05, 0) is 19.4 Å². The summed E-state index contributed by atoms with van der Waals surface area (Å²) in [7, 11) is 1.50. The smallest absolute Gasteiger partial charge is 0.434 e. The highest BCUT2D eigenvalue weighted by Crippen LogP contribution is 2.32. The summed E-state index contributed by atoms with van der Waals surface area (Å²) in [6, 6.07) is 13.6. The minimum Gasteiger partial charge on any atom is -0.472 e. The van der Waals surface area contributed by atoms with Gasteiger partial charge in [0.25, 0.3) is 0 Å². The highest BCUT2D eigenvalue weighted by atomic mass is 19.4. The van der Waals surface area contributed by atoms with Crippen LogP contribution in [-0.4, -0.2) is 21.4 Å². The van der Waals surface area contributed by atoms with Gasteiger partial charge in [0.05, 0.1) is 5.70 Å². The molecule has 1 atom stereocenters. The van der Waals surface area contributed by atoms with E-state index in [9.17, 15) is 26.3 Å². The maximum atomic E-state index is 13.0. The summed E-state index contributed by atoms with van der Waals surface area (Å²) in [4.78, 5) is 7.39. The van der Waals surface area contributed by atoms with Gasteiger partial charge < -0.3 is 14.6 Å². The molecule has 1 unspecified atom stereocenters. The van der Waals surface area contributed by atoms with Crippen LogP contribution in [0.1, 0.15) is 56.3 Å². The van der Waals surface area contributed by atoms with Crippen molar-refractivity contribution in [3.05, 3.63) is 95.1 Å². The minimum absolute atomic E-state index is 0.189. The summed E-state index contributed by atoms with van der Waals surface area (Å²) in [5, 5.41) is 3.21. The van der Waals surface area contributed by atoms with Crippen LogP contribution in [-0.2, 0) is 18.0 Å². The van der Waals surface area contributed by atoms with Crippen LogP contribution in [0.3, 0.4) is 0 Å². The van der Waals surface area contributed by atoms with E-state index in [0.29, 0.717) is 16.8 Å². The number of allylic oxidation sites excluding steroid dienone is 2. The maximum absolute atomic E-state index is 13.0. The molecular formula is C28H28F6N4O. The fourth-order valence-corrected chi connectivity index (χ4v) is 3.76. The van der Waals surface area contributed by atoms with Gasteiger partial charge in [0.15, 0.2) is 11.9 Å². The highest BCUT2D eigenvalue weighted by Gasteiger charge is 2.35. The normalized spacial score (nSPS) is 16.2. The number of halogens is 6. The molecule has 5 nitrogen and oxygen atoms in total. The summed E-state index contributed by atoms with van der Waals surface area (Å²) >= 11 is 0. The quantitative estimate of drug-likeness (QED) is 0.259. The molecular weight excluding hydrogens is 522 g/mol. The summed E-state index contributed by atoms with van der Waals surface area (Å²) in [5.74, 6) is 0.189. The lowest BCUT2D eigenvalue weighted by molar-refractivity contribution is -0.140. The molecule has 0 spiro atoms. The van der Waals surface area contributed by atoms with Crippen LogP contribution in [0.25, 0.3) is 17.1 Å². The Bertz CT molecular complexity index is 1370. The number of rotatable bonds is 5. The van der Waals surface area contributed by atoms with Crippen LogP contribution in [0.4, 0.5) is 26.3 Å². The third-order valence-corrected chi connectivity index (χ3v) is 5.71. The van der Waals surface area contributed by atoms with Crippen molar-refractivity contribution in [3.63, 3.8) is 0 Å². The first-order valence-corrected chi connectivity index (χ1v) is 12.1. The molecule has 1 aromatic heterocycles. The fourth-order valence-electron chi connectivity index (χ4n) is 3.76. The molecule has 2 heterocycles. The molecule has 0 saturated carbocycles. The Labute approximate surface area is 222 Å². The third-order valence-electron chi connectivity index (χ3n) is 5.71. The molecule has 2 aromatic carbocycles. The lowest BCUT2D eigenvalue weighted by Gasteiger charge is -2.14. The van der Waals surface area contributed by atoms with Gasteiger partial charge in [-0.3, -0.25) is 0 Å². The number of nitrogens with zero attached hydrogens (tertiary/aromatic N) is 3. The molecule has 0 aliphatic carbocycles. The number of aromatic nitrogens is 2. The molecule has 3 aromatic rings. The number of ether oxygens (including phenoxy) is 1. The van der Waals surface area contributed by atoms with Gasteiger partial charge in [0.2, 0.25) is 0 Å². The number of imidazole rings is 1. The number of aliphatic imine (C=N–C) groups is 1. The molecule has 1 aliphatic heterocycles. The highest BCUT2D eigenvalue weighted by molar-refractivity contribution is 5.99. The van der Waals surface area contributed by atoms with Crippen molar-refractivity contribution in [1.82, 2.24) is 14.9 Å². The molecule has 208 valence electrons. The van der Waals surface area contributed by atoms with E-state index in [1.165, 1.54) is 31.7 Å². The molecule has 39 heavy (non-hydrogen) atoms. The lowest BCUT2D eigenvalue weighted by Crippen LogP contribution is -2.15. The van der Waals surface area contributed by atoms with E-state index in [2.05, 4.69) is 15.3 Å². The van der Waals surface area contributed by atoms with Gasteiger partial charge in [-0.25, -0.2) is 9.98 Å². The molecule has 0 saturated heterocycles. The Morgan fingerprint density at radius 2 is 1.56 bits per heavy atom. The first kappa shape index (κ1) is 29.5. The van der Waals surface area contributed by atoms with Crippen LogP contribution in [0.15, 0.2) is 77.8 Å². The monoisotopic (exact) mass is 550 g/mol. The standard InChI is InChI=1S/C26H22F6N4O.C2H6/c1-4-21(25(27,28)29)33-15(2)16-5-7-17(8-6-16)20-14-37-24(34-20)19-11-9-18(10-12-19)23-35-22(13-36(23)3)26(30,31)32;1-2/h4-14,24,34H,1-3H3;1-2H3/b21-4-,33-15?;. The third kappa shape index (κ3) is 6.90. The molecule has 4 rings (SSSR count). The zero-order chi connectivity index (χ0) is 29.0. The second-order valence-electron chi connectivity index (χ2n) is 8.32. The topological polar surface area (TPSA) is 51.4 Å². The van der Waals surface area contributed by atoms with E-state index in [-0.39, 0.29) is 11.5 Å². The number of aryl methyl sites for hydroxylation is 1. The summed E-state index contributed by atoms with van der Waals surface area (Å²) in [5.41, 5.74) is 1.54. The minimum atomic E-state index is -4.53. The second kappa shape index (κ2) is 11.8.